The van der Waals surface area contributed by atoms with Gasteiger partial charge in [0.15, 0.2) is 17.0 Å². The van der Waals surface area contributed by atoms with Gasteiger partial charge < -0.3 is 4.90 Å². The lowest BCUT2D eigenvalue weighted by Gasteiger charge is -2.36. The van der Waals surface area contributed by atoms with Crippen molar-refractivity contribution in [1.29, 1.82) is 0 Å². The number of aromatic nitrogens is 5. The van der Waals surface area contributed by atoms with E-state index in [1.54, 1.807) is 6.33 Å². The summed E-state index contributed by atoms with van der Waals surface area (Å²) in [6.45, 7) is 6.13. The third kappa shape index (κ3) is 2.05. The van der Waals surface area contributed by atoms with Gasteiger partial charge in [0.25, 0.3) is 0 Å². The molecule has 3 heterocycles. The zero-order valence-corrected chi connectivity index (χ0v) is 11.6. The van der Waals surface area contributed by atoms with E-state index in [0.717, 1.165) is 36.5 Å². The van der Waals surface area contributed by atoms with Gasteiger partial charge in [-0.15, -0.1) is 5.10 Å². The second-order valence-electron chi connectivity index (χ2n) is 5.03. The molecule has 3 rings (SSSR count). The van der Waals surface area contributed by atoms with E-state index in [-0.39, 0.29) is 0 Å². The van der Waals surface area contributed by atoms with Gasteiger partial charge in [0, 0.05) is 19.1 Å². The lowest BCUT2D eigenvalue weighted by molar-refractivity contribution is 0.447. The van der Waals surface area contributed by atoms with Gasteiger partial charge in [-0.2, -0.15) is 0 Å². The largest absolute Gasteiger partial charge is 0.352 e. The van der Waals surface area contributed by atoms with E-state index in [1.165, 1.54) is 19.3 Å². The first-order chi connectivity index (χ1) is 9.35. The van der Waals surface area contributed by atoms with Crippen LogP contribution in [0.4, 0.5) is 5.82 Å². The molecule has 6 nitrogen and oxygen atoms in total. The van der Waals surface area contributed by atoms with Crippen LogP contribution < -0.4 is 4.90 Å². The van der Waals surface area contributed by atoms with Crippen LogP contribution in [0.2, 0.25) is 0 Å². The van der Waals surface area contributed by atoms with Gasteiger partial charge in [-0.3, -0.25) is 0 Å². The van der Waals surface area contributed by atoms with Crippen LogP contribution in [0.3, 0.4) is 0 Å². The van der Waals surface area contributed by atoms with Crippen LogP contribution in [0.5, 0.6) is 0 Å². The van der Waals surface area contributed by atoms with E-state index < -0.39 is 0 Å². The van der Waals surface area contributed by atoms with E-state index in [2.05, 4.69) is 32.1 Å². The van der Waals surface area contributed by atoms with Crippen molar-refractivity contribution in [2.75, 3.05) is 11.4 Å². The molecule has 1 aliphatic rings. The molecule has 2 aromatic heterocycles. The highest BCUT2D eigenvalue weighted by molar-refractivity contribution is 5.82. The molecule has 0 amide bonds. The van der Waals surface area contributed by atoms with Crippen molar-refractivity contribution in [3.05, 3.63) is 6.33 Å². The first-order valence-electron chi connectivity index (χ1n) is 7.16. The average molecular weight is 260 g/mol. The molecule has 0 aliphatic carbocycles. The Labute approximate surface area is 112 Å². The Balaban J connectivity index is 2.06. The van der Waals surface area contributed by atoms with Crippen molar-refractivity contribution in [3.63, 3.8) is 0 Å². The summed E-state index contributed by atoms with van der Waals surface area (Å²) in [5, 5.41) is 8.44. The Morgan fingerprint density at radius 1 is 1.26 bits per heavy atom. The normalized spacial score (nSPS) is 20.1. The second-order valence-corrected chi connectivity index (χ2v) is 5.03. The molecule has 102 valence electrons. The maximum atomic E-state index is 4.48. The minimum Gasteiger partial charge on any atom is -0.352 e. The Morgan fingerprint density at radius 2 is 2.16 bits per heavy atom. The summed E-state index contributed by atoms with van der Waals surface area (Å²) in [4.78, 5) is 11.2. The minimum atomic E-state index is 0.568. The number of nitrogens with zero attached hydrogens (tertiary/aromatic N) is 6. The Morgan fingerprint density at radius 3 is 2.95 bits per heavy atom. The number of anilines is 1. The number of hydrogen-bond donors (Lipinski definition) is 0. The monoisotopic (exact) mass is 260 g/mol. The van der Waals surface area contributed by atoms with Gasteiger partial charge >= 0.3 is 0 Å². The van der Waals surface area contributed by atoms with E-state index in [4.69, 9.17) is 0 Å². The molecule has 1 aliphatic heterocycles. The summed E-state index contributed by atoms with van der Waals surface area (Å²) in [6, 6.07) is 0.568. The SMILES string of the molecule is CC[C@H]1CCCCN1c1ncnc2c1nnn2CC. The van der Waals surface area contributed by atoms with Crippen molar-refractivity contribution < 1.29 is 0 Å². The summed E-state index contributed by atoms with van der Waals surface area (Å²) in [5.41, 5.74) is 1.68. The topological polar surface area (TPSA) is 59.7 Å². The third-order valence-electron chi connectivity index (χ3n) is 3.95. The van der Waals surface area contributed by atoms with Crippen molar-refractivity contribution >= 4 is 17.0 Å². The van der Waals surface area contributed by atoms with Crippen molar-refractivity contribution in [1.82, 2.24) is 25.0 Å². The lowest BCUT2D eigenvalue weighted by Crippen LogP contribution is -2.39. The van der Waals surface area contributed by atoms with E-state index >= 15 is 0 Å². The van der Waals surface area contributed by atoms with E-state index in [1.807, 2.05) is 11.6 Å². The summed E-state index contributed by atoms with van der Waals surface area (Å²) < 4.78 is 1.82. The number of aryl methyl sites for hydroxylation is 1. The molecule has 0 unspecified atom stereocenters. The molecule has 1 fully saturated rings. The Kier molecular flexibility index (Phi) is 3.31. The molecular weight excluding hydrogens is 240 g/mol. The maximum Gasteiger partial charge on any atom is 0.183 e. The quantitative estimate of drug-likeness (QED) is 0.845. The zero-order valence-electron chi connectivity index (χ0n) is 11.6. The first kappa shape index (κ1) is 12.3. The van der Waals surface area contributed by atoms with Crippen LogP contribution in [0.1, 0.15) is 39.5 Å². The van der Waals surface area contributed by atoms with Crippen molar-refractivity contribution in [2.24, 2.45) is 0 Å². The summed E-state index contributed by atoms with van der Waals surface area (Å²) in [6.07, 6.45) is 6.56. The molecule has 0 aromatic carbocycles. The average Bonchev–Trinajstić information content (AvgIpc) is 2.90. The highest BCUT2D eigenvalue weighted by Crippen LogP contribution is 2.28. The predicted octanol–water partition coefficient (Wildman–Crippen LogP) is 2.01. The fourth-order valence-electron chi connectivity index (χ4n) is 2.91. The Hall–Kier alpha value is -1.72. The second kappa shape index (κ2) is 5.11. The molecule has 0 bridgehead atoms. The molecule has 19 heavy (non-hydrogen) atoms. The zero-order chi connectivity index (χ0) is 13.2. The Bertz CT molecular complexity index is 563. The summed E-state index contributed by atoms with van der Waals surface area (Å²) in [7, 11) is 0. The van der Waals surface area contributed by atoms with Crippen molar-refractivity contribution in [2.45, 2.75) is 52.1 Å². The molecule has 0 N–H and O–H groups in total. The standard InChI is InChI=1S/C13H20N6/c1-3-10-7-5-6-8-18(10)12-11-13(15-9-14-12)19(4-2)17-16-11/h9-10H,3-8H2,1-2H3/t10-/m0/s1. The predicted molar refractivity (Wildman–Crippen MR) is 74.1 cm³/mol. The van der Waals surface area contributed by atoms with Crippen LogP contribution in [-0.4, -0.2) is 37.5 Å². The molecule has 0 spiro atoms. The maximum absolute atomic E-state index is 4.48. The van der Waals surface area contributed by atoms with Crippen LogP contribution in [0, 0.1) is 0 Å². The van der Waals surface area contributed by atoms with Crippen LogP contribution in [0.25, 0.3) is 11.2 Å². The molecule has 2 aromatic rings. The molecular formula is C13H20N6. The molecule has 1 saturated heterocycles. The number of piperidine rings is 1. The van der Waals surface area contributed by atoms with Gasteiger partial charge in [0.1, 0.15) is 6.33 Å². The van der Waals surface area contributed by atoms with E-state index in [0.29, 0.717) is 6.04 Å². The summed E-state index contributed by atoms with van der Waals surface area (Å²) in [5.74, 6) is 0.955. The number of hydrogen-bond acceptors (Lipinski definition) is 5. The van der Waals surface area contributed by atoms with Gasteiger partial charge in [-0.1, -0.05) is 12.1 Å². The van der Waals surface area contributed by atoms with Crippen LogP contribution in [-0.2, 0) is 6.54 Å². The summed E-state index contributed by atoms with van der Waals surface area (Å²) >= 11 is 0. The number of fused-ring (bicyclic) bond motifs is 1. The van der Waals surface area contributed by atoms with Crippen LogP contribution >= 0.6 is 0 Å². The molecule has 0 radical (unpaired) electrons. The fourth-order valence-corrected chi connectivity index (χ4v) is 2.91. The first-order valence-corrected chi connectivity index (χ1v) is 7.16. The minimum absolute atomic E-state index is 0.568. The smallest absolute Gasteiger partial charge is 0.183 e. The van der Waals surface area contributed by atoms with Crippen LogP contribution in [0.15, 0.2) is 6.33 Å². The highest BCUT2D eigenvalue weighted by atomic mass is 15.4. The van der Waals surface area contributed by atoms with Gasteiger partial charge in [-0.05, 0) is 32.6 Å². The van der Waals surface area contributed by atoms with Gasteiger partial charge in [0.05, 0.1) is 0 Å². The third-order valence-corrected chi connectivity index (χ3v) is 3.95. The van der Waals surface area contributed by atoms with Gasteiger partial charge in [-0.25, -0.2) is 14.6 Å². The fraction of sp³-hybridized carbons (Fsp3) is 0.692. The van der Waals surface area contributed by atoms with E-state index in [9.17, 15) is 0 Å². The highest BCUT2D eigenvalue weighted by Gasteiger charge is 2.25. The lowest BCUT2D eigenvalue weighted by atomic mass is 10.00. The molecule has 0 saturated carbocycles. The van der Waals surface area contributed by atoms with Gasteiger partial charge in [0.2, 0.25) is 0 Å². The molecule has 1 atom stereocenters. The molecule has 6 heteroatoms. The number of rotatable bonds is 3. The van der Waals surface area contributed by atoms with Crippen molar-refractivity contribution in [3.8, 4) is 0 Å².